The molecule has 0 spiro atoms. The molecule has 1 aliphatic heterocycles. The topological polar surface area (TPSA) is 78.8 Å². The summed E-state index contributed by atoms with van der Waals surface area (Å²) in [6.07, 6.45) is 4.73. The fourth-order valence-corrected chi connectivity index (χ4v) is 4.30. The van der Waals surface area contributed by atoms with Gasteiger partial charge in [-0.2, -0.15) is 0 Å². The Morgan fingerprint density at radius 3 is 2.63 bits per heavy atom. The number of aromatic hydroxyl groups is 1. The molecule has 6 heteroatoms. The number of hydrogen-bond donors (Lipinski definition) is 3. The average molecular weight is 390 g/mol. The molecule has 0 aromatic heterocycles. The largest absolute Gasteiger partial charge is 0.507 e. The average Bonchev–Trinajstić information content (AvgIpc) is 3.15. The van der Waals surface area contributed by atoms with Crippen molar-refractivity contribution in [2.75, 3.05) is 13.4 Å². The van der Waals surface area contributed by atoms with Crippen LogP contribution >= 0.6 is 0 Å². The number of phenolic OH excluding ortho intramolecular Hbond substituents is 1. The summed E-state index contributed by atoms with van der Waals surface area (Å²) >= 11 is 0. The van der Waals surface area contributed by atoms with Gasteiger partial charge in [-0.3, -0.25) is 4.21 Å². The van der Waals surface area contributed by atoms with Gasteiger partial charge in [-0.15, -0.1) is 0 Å². The van der Waals surface area contributed by atoms with Crippen LogP contribution in [0, 0.1) is 0 Å². The second-order valence-electron chi connectivity index (χ2n) is 7.06. The number of nitrogens with one attached hydrogen (secondary N) is 1. The van der Waals surface area contributed by atoms with E-state index in [1.54, 1.807) is 19.2 Å². The predicted octanol–water partition coefficient (Wildman–Crippen LogP) is 2.93. The van der Waals surface area contributed by atoms with Crippen molar-refractivity contribution < 1.29 is 19.2 Å². The number of rotatable bonds is 7. The van der Waals surface area contributed by atoms with Crippen LogP contribution in [0.25, 0.3) is 0 Å². The lowest BCUT2D eigenvalue weighted by molar-refractivity contribution is 0.134. The fourth-order valence-electron chi connectivity index (χ4n) is 3.64. The molecular formula is C21H27NO4S. The first-order chi connectivity index (χ1) is 13.0. The van der Waals surface area contributed by atoms with Gasteiger partial charge >= 0.3 is 0 Å². The fraction of sp³-hybridized carbons (Fsp3) is 0.429. The number of aliphatic hydroxyl groups excluding tert-OH is 1. The van der Waals surface area contributed by atoms with Gasteiger partial charge in [-0.05, 0) is 61.1 Å². The Morgan fingerprint density at radius 1 is 1.22 bits per heavy atom. The molecule has 0 amide bonds. The maximum absolute atomic E-state index is 11.7. The molecule has 4 unspecified atom stereocenters. The van der Waals surface area contributed by atoms with Crippen molar-refractivity contribution in [2.45, 2.75) is 48.8 Å². The zero-order valence-corrected chi connectivity index (χ0v) is 16.5. The van der Waals surface area contributed by atoms with Gasteiger partial charge in [0.25, 0.3) is 0 Å². The lowest BCUT2D eigenvalue weighted by Gasteiger charge is -2.21. The normalized spacial score (nSPS) is 21.7. The number of ether oxygens (including phenoxy) is 1. The van der Waals surface area contributed by atoms with Crippen LogP contribution in [0.3, 0.4) is 0 Å². The smallest absolute Gasteiger partial charge is 0.131 e. The lowest BCUT2D eigenvalue weighted by atomic mass is 10.0. The van der Waals surface area contributed by atoms with Gasteiger partial charge in [0.1, 0.15) is 11.5 Å². The number of aryl methyl sites for hydroxylation is 1. The molecule has 1 aliphatic rings. The molecule has 5 nitrogen and oxygen atoms in total. The van der Waals surface area contributed by atoms with Crippen LogP contribution in [0.5, 0.6) is 11.5 Å². The van der Waals surface area contributed by atoms with Crippen molar-refractivity contribution in [3.05, 3.63) is 53.6 Å². The zero-order chi connectivity index (χ0) is 19.4. The summed E-state index contributed by atoms with van der Waals surface area (Å²) in [7, 11) is 0.372. The van der Waals surface area contributed by atoms with Gasteiger partial charge < -0.3 is 20.3 Å². The highest BCUT2D eigenvalue weighted by Gasteiger charge is 2.30. The van der Waals surface area contributed by atoms with E-state index >= 15 is 0 Å². The highest BCUT2D eigenvalue weighted by Crippen LogP contribution is 2.30. The van der Waals surface area contributed by atoms with Crippen molar-refractivity contribution >= 4 is 10.8 Å². The van der Waals surface area contributed by atoms with E-state index in [4.69, 9.17) is 4.74 Å². The molecule has 0 saturated carbocycles. The van der Waals surface area contributed by atoms with Crippen molar-refractivity contribution in [1.29, 1.82) is 0 Å². The second-order valence-corrected chi connectivity index (χ2v) is 8.41. The molecule has 1 fully saturated rings. The van der Waals surface area contributed by atoms with Crippen LogP contribution in [0.15, 0.2) is 47.4 Å². The highest BCUT2D eigenvalue weighted by molar-refractivity contribution is 7.84. The Labute approximate surface area is 162 Å². The van der Waals surface area contributed by atoms with E-state index in [0.717, 1.165) is 31.4 Å². The molecule has 27 heavy (non-hydrogen) atoms. The van der Waals surface area contributed by atoms with Gasteiger partial charge in [-0.25, -0.2) is 0 Å². The van der Waals surface area contributed by atoms with E-state index in [0.29, 0.717) is 16.5 Å². The molecule has 146 valence electrons. The van der Waals surface area contributed by atoms with Crippen LogP contribution in [0.1, 0.15) is 36.5 Å². The van der Waals surface area contributed by atoms with Gasteiger partial charge in [0.05, 0.1) is 28.9 Å². The quantitative estimate of drug-likeness (QED) is 0.679. The summed E-state index contributed by atoms with van der Waals surface area (Å²) in [5.41, 5.74) is 1.96. The van der Waals surface area contributed by atoms with E-state index < -0.39 is 16.9 Å². The summed E-state index contributed by atoms with van der Waals surface area (Å²) in [6, 6.07) is 13.3. The summed E-state index contributed by atoms with van der Waals surface area (Å²) in [5, 5.41) is 24.1. The van der Waals surface area contributed by atoms with Crippen molar-refractivity contribution in [2.24, 2.45) is 0 Å². The summed E-state index contributed by atoms with van der Waals surface area (Å²) in [6.45, 7) is 0. The van der Waals surface area contributed by atoms with Gasteiger partial charge in [-0.1, -0.05) is 18.2 Å². The Bertz CT molecular complexity index is 793. The first-order valence-electron chi connectivity index (χ1n) is 9.21. The van der Waals surface area contributed by atoms with E-state index in [9.17, 15) is 14.4 Å². The third kappa shape index (κ3) is 4.89. The number of aliphatic hydroxyl groups is 1. The second kappa shape index (κ2) is 8.87. The molecule has 0 aliphatic carbocycles. The SMILES string of the molecule is COc1ccc(CCC2CCC(C(O)c3ccc(O)c(S(C)=O)c3)N2)cc1. The highest BCUT2D eigenvalue weighted by atomic mass is 32.2. The summed E-state index contributed by atoms with van der Waals surface area (Å²) in [4.78, 5) is 0.362. The lowest BCUT2D eigenvalue weighted by Crippen LogP contribution is -2.34. The Hall–Kier alpha value is -1.89. The van der Waals surface area contributed by atoms with Crippen LogP contribution in [-0.4, -0.2) is 39.9 Å². The van der Waals surface area contributed by atoms with Crippen LogP contribution in [0.4, 0.5) is 0 Å². The van der Waals surface area contributed by atoms with Gasteiger partial charge in [0, 0.05) is 18.3 Å². The first kappa shape index (κ1) is 19.9. The minimum absolute atomic E-state index is 0.00327. The van der Waals surface area contributed by atoms with Crippen molar-refractivity contribution in [3.63, 3.8) is 0 Å². The molecule has 0 radical (unpaired) electrons. The summed E-state index contributed by atoms with van der Waals surface area (Å²) in [5.74, 6) is 0.866. The Morgan fingerprint density at radius 2 is 1.96 bits per heavy atom. The number of benzene rings is 2. The third-order valence-corrected chi connectivity index (χ3v) is 6.18. The molecule has 0 bridgehead atoms. The number of hydrogen-bond acceptors (Lipinski definition) is 5. The standard InChI is InChI=1S/C21H27NO4S/c1-26-17-9-4-14(5-10-17)3-7-16-8-11-18(22-16)21(24)15-6-12-19(23)20(13-15)27(2)25/h4-6,9-10,12-13,16,18,21-24H,3,7-8,11H2,1-2H3. The van der Waals surface area contributed by atoms with Gasteiger partial charge in [0.2, 0.25) is 0 Å². The molecule has 3 N–H and O–H groups in total. The van der Waals surface area contributed by atoms with E-state index in [2.05, 4.69) is 17.4 Å². The number of methoxy groups -OCH3 is 1. The van der Waals surface area contributed by atoms with Crippen molar-refractivity contribution in [3.8, 4) is 11.5 Å². The minimum Gasteiger partial charge on any atom is -0.507 e. The van der Waals surface area contributed by atoms with Crippen LogP contribution in [0.2, 0.25) is 0 Å². The molecule has 2 aromatic carbocycles. The maximum atomic E-state index is 11.7. The summed E-state index contributed by atoms with van der Waals surface area (Å²) < 4.78 is 16.9. The van der Waals surface area contributed by atoms with Crippen LogP contribution < -0.4 is 10.1 Å². The minimum atomic E-state index is -1.29. The predicted molar refractivity (Wildman–Crippen MR) is 107 cm³/mol. The first-order valence-corrected chi connectivity index (χ1v) is 10.8. The third-order valence-electron chi connectivity index (χ3n) is 5.23. The Balaban J connectivity index is 1.57. The molecule has 2 aromatic rings. The molecular weight excluding hydrogens is 362 g/mol. The molecule has 1 heterocycles. The van der Waals surface area contributed by atoms with Gasteiger partial charge in [0.15, 0.2) is 0 Å². The van der Waals surface area contributed by atoms with E-state index in [1.807, 2.05) is 12.1 Å². The Kier molecular flexibility index (Phi) is 6.52. The van der Waals surface area contributed by atoms with Crippen molar-refractivity contribution in [1.82, 2.24) is 5.32 Å². The molecule has 1 saturated heterocycles. The van der Waals surface area contributed by atoms with Crippen LogP contribution in [-0.2, 0) is 17.2 Å². The van der Waals surface area contributed by atoms with E-state index in [-0.39, 0.29) is 11.8 Å². The maximum Gasteiger partial charge on any atom is 0.131 e. The van der Waals surface area contributed by atoms with E-state index in [1.165, 1.54) is 17.9 Å². The zero-order valence-electron chi connectivity index (χ0n) is 15.7. The number of phenols is 1. The molecule has 3 rings (SSSR count). The monoisotopic (exact) mass is 389 g/mol. The molecule has 4 atom stereocenters.